The first kappa shape index (κ1) is 16.6. The summed E-state index contributed by atoms with van der Waals surface area (Å²) in [6.07, 6.45) is 1.67. The van der Waals surface area contributed by atoms with Crippen molar-refractivity contribution in [3.63, 3.8) is 0 Å². The van der Waals surface area contributed by atoms with Crippen LogP contribution in [0.3, 0.4) is 0 Å². The van der Waals surface area contributed by atoms with Crippen LogP contribution in [0.1, 0.15) is 27.6 Å². The number of nitrogens with one attached hydrogen (secondary N) is 1. The summed E-state index contributed by atoms with van der Waals surface area (Å²) in [6, 6.07) is 8.78. The van der Waals surface area contributed by atoms with Crippen LogP contribution in [-0.4, -0.2) is 25.2 Å². The number of benzene rings is 1. The van der Waals surface area contributed by atoms with Gasteiger partial charge in [-0.1, -0.05) is 0 Å². The number of amides is 1. The molecule has 0 atom stereocenters. The monoisotopic (exact) mass is 337 g/mol. The highest BCUT2D eigenvalue weighted by atomic mass is 16.2. The van der Waals surface area contributed by atoms with Gasteiger partial charge in [-0.25, -0.2) is 9.67 Å². The fourth-order valence-electron chi connectivity index (χ4n) is 2.58. The van der Waals surface area contributed by atoms with Crippen LogP contribution >= 0.6 is 0 Å². The van der Waals surface area contributed by atoms with E-state index in [4.69, 9.17) is 0 Å². The Morgan fingerprint density at radius 2 is 1.76 bits per heavy atom. The third-order valence-electron chi connectivity index (χ3n) is 3.96. The van der Waals surface area contributed by atoms with Crippen LogP contribution in [0, 0.1) is 20.8 Å². The first-order valence-electron chi connectivity index (χ1n) is 7.85. The van der Waals surface area contributed by atoms with E-state index in [2.05, 4.69) is 15.4 Å². The molecule has 0 aliphatic heterocycles. The summed E-state index contributed by atoms with van der Waals surface area (Å²) < 4.78 is 3.15. The number of nitrogens with zero attached hydrogens (tertiary/aromatic N) is 4. The number of aryl methyl sites for hydroxylation is 4. The Labute approximate surface area is 144 Å². The average molecular weight is 337 g/mol. The second-order valence-electron chi connectivity index (χ2n) is 5.91. The van der Waals surface area contributed by atoms with Gasteiger partial charge < -0.3 is 9.88 Å². The molecule has 0 aliphatic carbocycles. The Morgan fingerprint density at radius 1 is 1.08 bits per heavy atom. The number of carbonyl (C=O) groups is 1. The maximum Gasteiger partial charge on any atom is 0.274 e. The first-order valence-corrected chi connectivity index (χ1v) is 7.85. The number of anilines is 1. The van der Waals surface area contributed by atoms with Gasteiger partial charge in [-0.2, -0.15) is 5.10 Å². The fraction of sp³-hybridized carbons (Fsp3) is 0.222. The fourth-order valence-corrected chi connectivity index (χ4v) is 2.58. The molecule has 7 nitrogen and oxygen atoms in total. The van der Waals surface area contributed by atoms with Gasteiger partial charge in [0, 0.05) is 18.8 Å². The lowest BCUT2D eigenvalue weighted by Gasteiger charge is -2.10. The standard InChI is InChI=1S/C18H19N5O2/c1-11-9-10-22(4)18(25)16(11)20-17(24)14-5-7-15(8-6-14)23-13(3)19-12(2)21-23/h5-10H,1-4H3,(H,20,24). The first-order chi connectivity index (χ1) is 11.9. The minimum absolute atomic E-state index is 0.237. The van der Waals surface area contributed by atoms with E-state index < -0.39 is 0 Å². The Hall–Kier alpha value is -3.22. The molecule has 0 bridgehead atoms. The summed E-state index contributed by atoms with van der Waals surface area (Å²) in [5, 5.41) is 7.02. The second-order valence-corrected chi connectivity index (χ2v) is 5.91. The smallest absolute Gasteiger partial charge is 0.274 e. The van der Waals surface area contributed by atoms with E-state index in [1.54, 1.807) is 55.2 Å². The molecule has 0 spiro atoms. The van der Waals surface area contributed by atoms with E-state index >= 15 is 0 Å². The van der Waals surface area contributed by atoms with Crippen molar-refractivity contribution in [1.82, 2.24) is 19.3 Å². The van der Waals surface area contributed by atoms with Crippen molar-refractivity contribution in [2.75, 3.05) is 5.32 Å². The predicted molar refractivity (Wildman–Crippen MR) is 95.2 cm³/mol. The molecule has 2 aromatic heterocycles. The quantitative estimate of drug-likeness (QED) is 0.794. The van der Waals surface area contributed by atoms with Crippen LogP contribution in [0.4, 0.5) is 5.69 Å². The molecule has 25 heavy (non-hydrogen) atoms. The molecule has 0 unspecified atom stereocenters. The van der Waals surface area contributed by atoms with Crippen LogP contribution in [0.25, 0.3) is 5.69 Å². The zero-order valence-electron chi connectivity index (χ0n) is 14.6. The third-order valence-corrected chi connectivity index (χ3v) is 3.96. The van der Waals surface area contributed by atoms with Gasteiger partial charge in [0.15, 0.2) is 0 Å². The Balaban J connectivity index is 1.86. The minimum atomic E-state index is -0.329. The molecule has 1 aromatic carbocycles. The van der Waals surface area contributed by atoms with Crippen LogP contribution in [0.5, 0.6) is 0 Å². The van der Waals surface area contributed by atoms with E-state index in [0.717, 1.165) is 17.1 Å². The van der Waals surface area contributed by atoms with Crippen molar-refractivity contribution >= 4 is 11.6 Å². The number of carbonyl (C=O) groups excluding carboxylic acids is 1. The number of aromatic nitrogens is 4. The topological polar surface area (TPSA) is 81.8 Å². The lowest BCUT2D eigenvalue weighted by atomic mass is 10.1. The Bertz CT molecular complexity index is 999. The molecule has 3 rings (SSSR count). The van der Waals surface area contributed by atoms with Gasteiger partial charge in [0.25, 0.3) is 11.5 Å². The Kier molecular flexibility index (Phi) is 4.22. The predicted octanol–water partition coefficient (Wildman–Crippen LogP) is 2.14. The lowest BCUT2D eigenvalue weighted by Crippen LogP contribution is -2.25. The van der Waals surface area contributed by atoms with Crippen molar-refractivity contribution in [2.24, 2.45) is 7.05 Å². The zero-order valence-corrected chi connectivity index (χ0v) is 14.6. The van der Waals surface area contributed by atoms with E-state index in [0.29, 0.717) is 17.1 Å². The maximum atomic E-state index is 12.5. The van der Waals surface area contributed by atoms with Crippen molar-refractivity contribution in [1.29, 1.82) is 0 Å². The summed E-state index contributed by atoms with van der Waals surface area (Å²) in [6.45, 7) is 5.48. The van der Waals surface area contributed by atoms with Crippen LogP contribution in [0.2, 0.25) is 0 Å². The van der Waals surface area contributed by atoms with E-state index in [9.17, 15) is 9.59 Å². The lowest BCUT2D eigenvalue weighted by molar-refractivity contribution is 0.102. The molecule has 1 N–H and O–H groups in total. The summed E-state index contributed by atoms with van der Waals surface area (Å²) in [5.41, 5.74) is 2.06. The molecule has 128 valence electrons. The van der Waals surface area contributed by atoms with E-state index in [-0.39, 0.29) is 11.5 Å². The molecule has 2 heterocycles. The molecule has 0 saturated heterocycles. The van der Waals surface area contributed by atoms with Crippen LogP contribution < -0.4 is 10.9 Å². The molecule has 7 heteroatoms. The van der Waals surface area contributed by atoms with Crippen molar-refractivity contribution < 1.29 is 4.79 Å². The molecule has 0 fully saturated rings. The number of hydrogen-bond donors (Lipinski definition) is 1. The third kappa shape index (κ3) is 3.21. The van der Waals surface area contributed by atoms with Crippen molar-refractivity contribution in [2.45, 2.75) is 20.8 Å². The molecule has 0 aliphatic rings. The highest BCUT2D eigenvalue weighted by Gasteiger charge is 2.12. The van der Waals surface area contributed by atoms with Gasteiger partial charge in [-0.3, -0.25) is 9.59 Å². The van der Waals surface area contributed by atoms with Gasteiger partial charge in [0.05, 0.1) is 5.69 Å². The van der Waals surface area contributed by atoms with Crippen molar-refractivity contribution in [3.8, 4) is 5.69 Å². The summed E-state index contributed by atoms with van der Waals surface area (Å²) in [5.74, 6) is 1.14. The van der Waals surface area contributed by atoms with Gasteiger partial charge in [-0.15, -0.1) is 0 Å². The van der Waals surface area contributed by atoms with Crippen LogP contribution in [-0.2, 0) is 7.05 Å². The maximum absolute atomic E-state index is 12.5. The summed E-state index contributed by atoms with van der Waals surface area (Å²) >= 11 is 0. The molecule has 0 saturated carbocycles. The SMILES string of the molecule is Cc1nc(C)n(-c2ccc(C(=O)Nc3c(C)ccn(C)c3=O)cc2)n1. The molecule has 1 amide bonds. The summed E-state index contributed by atoms with van der Waals surface area (Å²) in [7, 11) is 1.65. The zero-order chi connectivity index (χ0) is 18.1. The second kappa shape index (κ2) is 6.35. The molecule has 3 aromatic rings. The number of hydrogen-bond acceptors (Lipinski definition) is 4. The minimum Gasteiger partial charge on any atom is -0.317 e. The average Bonchev–Trinajstić information content (AvgIpc) is 2.93. The molecular weight excluding hydrogens is 318 g/mol. The highest BCUT2D eigenvalue weighted by Crippen LogP contribution is 2.14. The highest BCUT2D eigenvalue weighted by molar-refractivity contribution is 6.04. The van der Waals surface area contributed by atoms with Gasteiger partial charge in [0.2, 0.25) is 0 Å². The normalized spacial score (nSPS) is 10.7. The van der Waals surface area contributed by atoms with E-state index in [1.165, 1.54) is 4.57 Å². The number of pyridine rings is 1. The largest absolute Gasteiger partial charge is 0.317 e. The van der Waals surface area contributed by atoms with Crippen molar-refractivity contribution in [3.05, 3.63) is 69.7 Å². The van der Waals surface area contributed by atoms with E-state index in [1.807, 2.05) is 13.8 Å². The van der Waals surface area contributed by atoms with Crippen LogP contribution in [0.15, 0.2) is 41.3 Å². The number of rotatable bonds is 3. The molecular formula is C18H19N5O2. The Morgan fingerprint density at radius 3 is 2.36 bits per heavy atom. The van der Waals surface area contributed by atoms with Gasteiger partial charge in [0.1, 0.15) is 17.3 Å². The van der Waals surface area contributed by atoms with Gasteiger partial charge >= 0.3 is 0 Å². The summed E-state index contributed by atoms with van der Waals surface area (Å²) in [4.78, 5) is 28.9. The van der Waals surface area contributed by atoms with Gasteiger partial charge in [-0.05, 0) is 56.7 Å². The molecule has 0 radical (unpaired) electrons.